The number of rotatable bonds is 3. The number of carbonyl (C=O) groups excluding carboxylic acids is 1. The van der Waals surface area contributed by atoms with Crippen molar-refractivity contribution < 1.29 is 35.9 Å². The summed E-state index contributed by atoms with van der Waals surface area (Å²) in [5.74, 6) is -3.51. The van der Waals surface area contributed by atoms with Crippen LogP contribution in [0.4, 0.5) is 26.3 Å². The molecule has 0 aliphatic rings. The number of benzene rings is 1. The molecule has 0 saturated carbocycles. The Bertz CT molecular complexity index is 978. The SMILES string of the molecule is CNC(=O)c1cc(-c2ccc(=N)n(C(=N)C(F)(F)F)c2)ccc1OC(F)(F)F. The van der Waals surface area contributed by atoms with E-state index in [0.717, 1.165) is 30.5 Å². The predicted octanol–water partition coefficient (Wildman–Crippen LogP) is 3.28. The normalized spacial score (nSPS) is 11.8. The van der Waals surface area contributed by atoms with Crippen molar-refractivity contribution in [2.24, 2.45) is 0 Å². The molecule has 0 spiro atoms. The van der Waals surface area contributed by atoms with Crippen LogP contribution in [-0.4, -0.2) is 35.9 Å². The molecule has 1 aromatic heterocycles. The van der Waals surface area contributed by atoms with Crippen molar-refractivity contribution in [3.8, 4) is 16.9 Å². The van der Waals surface area contributed by atoms with Crippen molar-refractivity contribution in [1.29, 1.82) is 10.8 Å². The first-order valence-electron chi connectivity index (χ1n) is 7.39. The van der Waals surface area contributed by atoms with Crippen LogP contribution in [0, 0.1) is 10.8 Å². The number of aromatic nitrogens is 1. The van der Waals surface area contributed by atoms with E-state index in [1.165, 1.54) is 13.1 Å². The number of nitrogens with one attached hydrogen (secondary N) is 3. The van der Waals surface area contributed by atoms with Crippen molar-refractivity contribution in [2.45, 2.75) is 12.5 Å². The lowest BCUT2D eigenvalue weighted by molar-refractivity contribution is -0.274. The van der Waals surface area contributed by atoms with Crippen LogP contribution in [-0.2, 0) is 0 Å². The molecule has 1 amide bonds. The second kappa shape index (κ2) is 7.37. The van der Waals surface area contributed by atoms with Crippen molar-refractivity contribution in [1.82, 2.24) is 9.88 Å². The summed E-state index contributed by atoms with van der Waals surface area (Å²) in [4.78, 5) is 11.9. The summed E-state index contributed by atoms with van der Waals surface area (Å²) in [6, 6.07) is 5.17. The van der Waals surface area contributed by atoms with Gasteiger partial charge in [0.05, 0.1) is 5.56 Å². The van der Waals surface area contributed by atoms with Gasteiger partial charge in [-0.2, -0.15) is 13.2 Å². The van der Waals surface area contributed by atoms with Crippen molar-refractivity contribution in [3.63, 3.8) is 0 Å². The third-order valence-corrected chi connectivity index (χ3v) is 3.47. The fourth-order valence-electron chi connectivity index (χ4n) is 2.23. The molecule has 0 saturated heterocycles. The summed E-state index contributed by atoms with van der Waals surface area (Å²) in [5.41, 5.74) is -1.01. The first kappa shape index (κ1) is 21.0. The van der Waals surface area contributed by atoms with Crippen LogP contribution in [0.1, 0.15) is 10.4 Å². The monoisotopic (exact) mass is 406 g/mol. The molecule has 6 nitrogen and oxygen atoms in total. The van der Waals surface area contributed by atoms with E-state index in [0.29, 0.717) is 0 Å². The van der Waals surface area contributed by atoms with Gasteiger partial charge < -0.3 is 10.1 Å². The van der Waals surface area contributed by atoms with E-state index in [9.17, 15) is 31.1 Å². The van der Waals surface area contributed by atoms with Crippen LogP contribution >= 0.6 is 0 Å². The van der Waals surface area contributed by atoms with Gasteiger partial charge in [0.15, 0.2) is 0 Å². The number of hydrogen-bond donors (Lipinski definition) is 3. The lowest BCUT2D eigenvalue weighted by Gasteiger charge is -2.15. The van der Waals surface area contributed by atoms with Gasteiger partial charge in [-0.15, -0.1) is 13.2 Å². The number of hydrogen-bond acceptors (Lipinski definition) is 4. The van der Waals surface area contributed by atoms with E-state index in [4.69, 9.17) is 10.8 Å². The molecule has 28 heavy (non-hydrogen) atoms. The molecule has 0 aliphatic carbocycles. The standard InChI is InChI=1S/C16H12F6N4O2/c1-25-13(27)10-6-8(2-4-11(10)28-16(20,21)22)9-3-5-12(23)26(7-9)14(24)15(17,18)19/h2-7,23-24H,1H3,(H,25,27). The Hall–Kier alpha value is -3.31. The maximum Gasteiger partial charge on any atom is 0.573 e. The molecule has 0 fully saturated rings. The van der Waals surface area contributed by atoms with Crippen molar-refractivity contribution in [3.05, 3.63) is 47.6 Å². The minimum absolute atomic E-state index is 0.0358. The molecule has 150 valence electrons. The minimum atomic E-state index is -5.05. The van der Waals surface area contributed by atoms with Gasteiger partial charge in [0, 0.05) is 13.2 Å². The van der Waals surface area contributed by atoms with Gasteiger partial charge in [-0.3, -0.25) is 20.2 Å². The maximum absolute atomic E-state index is 12.8. The molecule has 0 aliphatic heterocycles. The van der Waals surface area contributed by atoms with Crippen LogP contribution in [0.15, 0.2) is 36.5 Å². The quantitative estimate of drug-likeness (QED) is 0.415. The lowest BCUT2D eigenvalue weighted by atomic mass is 10.0. The molecular weight excluding hydrogens is 394 g/mol. The van der Waals surface area contributed by atoms with Crippen LogP contribution in [0.5, 0.6) is 5.75 Å². The number of carbonyl (C=O) groups is 1. The molecule has 2 aromatic rings. The van der Waals surface area contributed by atoms with Crippen LogP contribution in [0.25, 0.3) is 11.1 Å². The highest BCUT2D eigenvalue weighted by Gasteiger charge is 2.36. The minimum Gasteiger partial charge on any atom is -0.405 e. The summed E-state index contributed by atoms with van der Waals surface area (Å²) in [6.07, 6.45) is -9.25. The largest absolute Gasteiger partial charge is 0.573 e. The Morgan fingerprint density at radius 2 is 1.68 bits per heavy atom. The molecule has 3 N–H and O–H groups in total. The first-order valence-corrected chi connectivity index (χ1v) is 7.39. The van der Waals surface area contributed by atoms with E-state index >= 15 is 0 Å². The lowest BCUT2D eigenvalue weighted by Crippen LogP contribution is -2.36. The van der Waals surface area contributed by atoms with E-state index in [-0.39, 0.29) is 15.7 Å². The number of amides is 1. The van der Waals surface area contributed by atoms with E-state index < -0.39 is 41.1 Å². The fourth-order valence-corrected chi connectivity index (χ4v) is 2.23. The average molecular weight is 406 g/mol. The van der Waals surface area contributed by atoms with Crippen LogP contribution in [0.3, 0.4) is 0 Å². The van der Waals surface area contributed by atoms with Gasteiger partial charge in [-0.25, -0.2) is 0 Å². The average Bonchev–Trinajstić information content (AvgIpc) is 2.59. The molecule has 2 rings (SSSR count). The molecule has 12 heteroatoms. The van der Waals surface area contributed by atoms with Gasteiger partial charge in [0.2, 0.25) is 5.84 Å². The van der Waals surface area contributed by atoms with E-state index in [2.05, 4.69) is 10.1 Å². The second-order valence-electron chi connectivity index (χ2n) is 5.36. The summed E-state index contributed by atoms with van der Waals surface area (Å²) in [7, 11) is 1.18. The van der Waals surface area contributed by atoms with E-state index in [1.54, 1.807) is 0 Å². The zero-order valence-corrected chi connectivity index (χ0v) is 14.0. The molecule has 1 aromatic carbocycles. The van der Waals surface area contributed by atoms with Gasteiger partial charge in [0.25, 0.3) is 5.91 Å². The van der Waals surface area contributed by atoms with Gasteiger partial charge in [-0.1, -0.05) is 6.07 Å². The molecule has 0 radical (unpaired) electrons. The Kier molecular flexibility index (Phi) is 5.52. The summed E-state index contributed by atoms with van der Waals surface area (Å²) >= 11 is 0. The number of alkyl halides is 6. The van der Waals surface area contributed by atoms with Gasteiger partial charge >= 0.3 is 12.5 Å². The number of nitrogens with zero attached hydrogens (tertiary/aromatic N) is 1. The third-order valence-electron chi connectivity index (χ3n) is 3.47. The highest BCUT2D eigenvalue weighted by molar-refractivity contribution is 5.98. The highest BCUT2D eigenvalue weighted by Crippen LogP contribution is 2.30. The summed E-state index contributed by atoms with van der Waals surface area (Å²) in [6.45, 7) is 0. The zero-order valence-electron chi connectivity index (χ0n) is 14.0. The van der Waals surface area contributed by atoms with Crippen molar-refractivity contribution in [2.75, 3.05) is 7.05 Å². The Morgan fingerprint density at radius 1 is 1.07 bits per heavy atom. The van der Waals surface area contributed by atoms with E-state index in [1.807, 2.05) is 0 Å². The molecule has 0 bridgehead atoms. The Morgan fingerprint density at radius 3 is 2.21 bits per heavy atom. The third kappa shape index (κ3) is 4.69. The smallest absolute Gasteiger partial charge is 0.405 e. The molecular formula is C16H12F6N4O2. The summed E-state index contributed by atoms with van der Waals surface area (Å²) < 4.78 is 79.9. The maximum atomic E-state index is 12.8. The predicted molar refractivity (Wildman–Crippen MR) is 85.0 cm³/mol. The Labute approximate surface area is 153 Å². The zero-order chi connectivity index (χ0) is 21.3. The number of ether oxygens (including phenoxy) is 1. The van der Waals surface area contributed by atoms with Crippen LogP contribution in [0.2, 0.25) is 0 Å². The Balaban J connectivity index is 2.58. The molecule has 0 unspecified atom stereocenters. The molecule has 1 heterocycles. The highest BCUT2D eigenvalue weighted by atomic mass is 19.4. The topological polar surface area (TPSA) is 91.0 Å². The molecule has 0 atom stereocenters. The number of halogens is 6. The van der Waals surface area contributed by atoms with Gasteiger partial charge in [-0.05, 0) is 35.4 Å². The first-order chi connectivity index (χ1) is 12.8. The fraction of sp³-hybridized carbons (Fsp3) is 0.188. The second-order valence-corrected chi connectivity index (χ2v) is 5.36. The number of pyridine rings is 1. The van der Waals surface area contributed by atoms with Crippen molar-refractivity contribution >= 4 is 11.7 Å². The summed E-state index contributed by atoms with van der Waals surface area (Å²) in [5, 5.41) is 16.8. The van der Waals surface area contributed by atoms with Gasteiger partial charge in [0.1, 0.15) is 11.2 Å². The van der Waals surface area contributed by atoms with Crippen LogP contribution < -0.4 is 15.5 Å².